The first-order valence-corrected chi connectivity index (χ1v) is 5.44. The molecular formula is C10H16N2O5. The van der Waals surface area contributed by atoms with Crippen LogP contribution in [0.3, 0.4) is 0 Å². The Bertz CT molecular complexity index is 298. The lowest BCUT2D eigenvalue weighted by atomic mass is 10.3. The Labute approximate surface area is 98.4 Å². The highest BCUT2D eigenvalue weighted by Gasteiger charge is 2.22. The van der Waals surface area contributed by atoms with Crippen molar-refractivity contribution in [3.8, 4) is 0 Å². The molecule has 0 aromatic heterocycles. The highest BCUT2D eigenvalue weighted by Crippen LogP contribution is 2.18. The molecule has 0 unspecified atom stereocenters. The summed E-state index contributed by atoms with van der Waals surface area (Å²) in [4.78, 5) is 33.4. The predicted octanol–water partition coefficient (Wildman–Crippen LogP) is -0.874. The van der Waals surface area contributed by atoms with E-state index in [0.29, 0.717) is 12.6 Å². The lowest BCUT2D eigenvalue weighted by Gasteiger charge is -2.18. The molecule has 96 valence electrons. The molecule has 0 atom stereocenters. The van der Waals surface area contributed by atoms with Crippen molar-refractivity contribution in [3.63, 3.8) is 0 Å². The maximum absolute atomic E-state index is 11.6. The summed E-state index contributed by atoms with van der Waals surface area (Å²) in [6.45, 7) is -0.692. The van der Waals surface area contributed by atoms with Crippen LogP contribution < -0.4 is 5.32 Å². The van der Waals surface area contributed by atoms with Gasteiger partial charge in [0.15, 0.2) is 0 Å². The molecule has 0 aromatic rings. The van der Waals surface area contributed by atoms with Crippen molar-refractivity contribution in [3.05, 3.63) is 0 Å². The minimum Gasteiger partial charge on any atom is -0.480 e. The first-order valence-electron chi connectivity index (χ1n) is 5.44. The van der Waals surface area contributed by atoms with Gasteiger partial charge in [-0.1, -0.05) is 0 Å². The van der Waals surface area contributed by atoms with Crippen LogP contribution in [0, 0.1) is 0 Å². The predicted molar refractivity (Wildman–Crippen MR) is 57.5 cm³/mol. The van der Waals surface area contributed by atoms with E-state index in [1.165, 1.54) is 0 Å². The Hall–Kier alpha value is -1.63. The van der Waals surface area contributed by atoms with Crippen LogP contribution in [0.25, 0.3) is 0 Å². The maximum atomic E-state index is 11.6. The molecule has 1 aliphatic carbocycles. The summed E-state index contributed by atoms with van der Waals surface area (Å²) < 4.78 is 0. The van der Waals surface area contributed by atoms with Crippen molar-refractivity contribution >= 4 is 17.8 Å². The molecular weight excluding hydrogens is 228 g/mol. The maximum Gasteiger partial charge on any atom is 0.323 e. The number of rotatable bonds is 8. The fourth-order valence-electron chi connectivity index (χ4n) is 1.39. The molecule has 0 spiro atoms. The smallest absolute Gasteiger partial charge is 0.323 e. The fourth-order valence-corrected chi connectivity index (χ4v) is 1.39. The Balaban J connectivity index is 2.33. The van der Waals surface area contributed by atoms with Gasteiger partial charge in [0, 0.05) is 19.0 Å². The molecule has 17 heavy (non-hydrogen) atoms. The van der Waals surface area contributed by atoms with Crippen LogP contribution in [0.15, 0.2) is 0 Å². The Morgan fingerprint density at radius 1 is 1.12 bits per heavy atom. The summed E-state index contributed by atoms with van der Waals surface area (Å²) in [6.07, 6.45) is 2.32. The molecule has 1 saturated carbocycles. The van der Waals surface area contributed by atoms with Crippen LogP contribution in [0.5, 0.6) is 0 Å². The van der Waals surface area contributed by atoms with Gasteiger partial charge in [-0.25, -0.2) is 0 Å². The second-order valence-electron chi connectivity index (χ2n) is 4.02. The van der Waals surface area contributed by atoms with Crippen LogP contribution in [-0.4, -0.2) is 58.6 Å². The van der Waals surface area contributed by atoms with Crippen LogP contribution >= 0.6 is 0 Å². The minimum absolute atomic E-state index is 0.122. The summed E-state index contributed by atoms with van der Waals surface area (Å²) in [5.41, 5.74) is 0. The topological polar surface area (TPSA) is 107 Å². The Morgan fingerprint density at radius 2 is 1.65 bits per heavy atom. The number of hydrogen-bond acceptors (Lipinski definition) is 4. The largest absolute Gasteiger partial charge is 0.480 e. The number of aliphatic carboxylic acids is 2. The van der Waals surface area contributed by atoms with E-state index in [0.717, 1.165) is 17.7 Å². The summed E-state index contributed by atoms with van der Waals surface area (Å²) in [7, 11) is 0. The van der Waals surface area contributed by atoms with Gasteiger partial charge < -0.3 is 20.4 Å². The van der Waals surface area contributed by atoms with Gasteiger partial charge in [0.1, 0.15) is 13.1 Å². The van der Waals surface area contributed by atoms with Gasteiger partial charge in [0.2, 0.25) is 5.91 Å². The van der Waals surface area contributed by atoms with Gasteiger partial charge in [0.25, 0.3) is 0 Å². The number of carbonyl (C=O) groups is 3. The number of nitrogens with one attached hydrogen (secondary N) is 1. The third-order valence-electron chi connectivity index (χ3n) is 2.35. The van der Waals surface area contributed by atoms with Crippen molar-refractivity contribution in [1.29, 1.82) is 0 Å². The van der Waals surface area contributed by atoms with Gasteiger partial charge in [-0.3, -0.25) is 14.4 Å². The molecule has 0 saturated heterocycles. The van der Waals surface area contributed by atoms with E-state index in [1.807, 2.05) is 0 Å². The van der Waals surface area contributed by atoms with Crippen molar-refractivity contribution in [1.82, 2.24) is 10.2 Å². The molecule has 3 N–H and O–H groups in total. The number of amides is 1. The number of nitrogens with zero attached hydrogens (tertiary/aromatic N) is 1. The fraction of sp³-hybridized carbons (Fsp3) is 0.700. The van der Waals surface area contributed by atoms with E-state index in [2.05, 4.69) is 5.32 Å². The highest BCUT2D eigenvalue weighted by molar-refractivity contribution is 5.85. The highest BCUT2D eigenvalue weighted by atomic mass is 16.4. The number of carboxylic acids is 2. The number of carboxylic acid groups (broad SMARTS) is 2. The van der Waals surface area contributed by atoms with E-state index in [-0.39, 0.29) is 6.42 Å². The number of hydrogen-bond donors (Lipinski definition) is 3. The first-order chi connectivity index (χ1) is 7.99. The Kier molecular flexibility index (Phi) is 4.89. The summed E-state index contributed by atoms with van der Waals surface area (Å²) in [6, 6.07) is 0.468. The van der Waals surface area contributed by atoms with E-state index in [4.69, 9.17) is 10.2 Å². The minimum atomic E-state index is -1.21. The molecule has 1 aliphatic rings. The van der Waals surface area contributed by atoms with Gasteiger partial charge in [0.05, 0.1) is 0 Å². The van der Waals surface area contributed by atoms with Crippen LogP contribution in [0.2, 0.25) is 0 Å². The molecule has 0 bridgehead atoms. The molecule has 7 heteroatoms. The van der Waals surface area contributed by atoms with Crippen molar-refractivity contribution < 1.29 is 24.6 Å². The van der Waals surface area contributed by atoms with Crippen molar-refractivity contribution in [2.75, 3.05) is 19.6 Å². The van der Waals surface area contributed by atoms with E-state index in [1.54, 1.807) is 0 Å². The third-order valence-corrected chi connectivity index (χ3v) is 2.35. The van der Waals surface area contributed by atoms with Gasteiger partial charge in [-0.15, -0.1) is 0 Å². The van der Waals surface area contributed by atoms with Crippen molar-refractivity contribution in [2.45, 2.75) is 25.3 Å². The quantitative estimate of drug-likeness (QED) is 0.512. The SMILES string of the molecule is O=C(O)CN(CC(=O)O)C(=O)CCNC1CC1. The molecule has 0 radical (unpaired) electrons. The zero-order chi connectivity index (χ0) is 12.8. The van der Waals surface area contributed by atoms with Crippen molar-refractivity contribution in [2.24, 2.45) is 0 Å². The lowest BCUT2D eigenvalue weighted by molar-refractivity contribution is -0.149. The second-order valence-corrected chi connectivity index (χ2v) is 4.02. The summed E-state index contributed by atoms with van der Waals surface area (Å²) >= 11 is 0. The zero-order valence-corrected chi connectivity index (χ0v) is 9.39. The average molecular weight is 244 g/mol. The van der Waals surface area contributed by atoms with Gasteiger partial charge in [-0.05, 0) is 12.8 Å². The molecule has 0 heterocycles. The van der Waals surface area contributed by atoms with Crippen LogP contribution in [0.1, 0.15) is 19.3 Å². The van der Waals surface area contributed by atoms with E-state index >= 15 is 0 Å². The molecule has 1 rings (SSSR count). The molecule has 7 nitrogen and oxygen atoms in total. The summed E-state index contributed by atoms with van der Waals surface area (Å²) in [5, 5.41) is 20.2. The van der Waals surface area contributed by atoms with Crippen LogP contribution in [0.4, 0.5) is 0 Å². The van der Waals surface area contributed by atoms with E-state index in [9.17, 15) is 14.4 Å². The summed E-state index contributed by atoms with van der Waals surface area (Å²) in [5.74, 6) is -2.88. The Morgan fingerprint density at radius 3 is 2.06 bits per heavy atom. The average Bonchev–Trinajstić information content (AvgIpc) is 2.99. The third kappa shape index (κ3) is 5.86. The molecule has 0 aromatic carbocycles. The van der Waals surface area contributed by atoms with Gasteiger partial charge in [-0.2, -0.15) is 0 Å². The first kappa shape index (κ1) is 13.4. The molecule has 1 amide bonds. The number of carbonyl (C=O) groups excluding carboxylic acids is 1. The lowest BCUT2D eigenvalue weighted by Crippen LogP contribution is -2.40. The monoisotopic (exact) mass is 244 g/mol. The normalized spacial score (nSPS) is 14.4. The zero-order valence-electron chi connectivity index (χ0n) is 9.39. The standard InChI is InChI=1S/C10H16N2O5/c13-8(3-4-11-7-1-2-7)12(5-9(14)15)6-10(16)17/h7,11H,1-6H2,(H,14,15)(H,16,17). The second kappa shape index (κ2) is 6.19. The van der Waals surface area contributed by atoms with Crippen LogP contribution in [-0.2, 0) is 14.4 Å². The molecule has 1 fully saturated rings. The molecule has 0 aliphatic heterocycles. The van der Waals surface area contributed by atoms with E-state index < -0.39 is 30.9 Å². The van der Waals surface area contributed by atoms with Gasteiger partial charge >= 0.3 is 11.9 Å².